The van der Waals surface area contributed by atoms with E-state index >= 15 is 0 Å². The number of benzene rings is 1. The van der Waals surface area contributed by atoms with E-state index in [0.717, 1.165) is 37.4 Å². The van der Waals surface area contributed by atoms with E-state index in [4.69, 9.17) is 11.6 Å². The minimum absolute atomic E-state index is 0.356. The molecule has 1 aromatic carbocycles. The Morgan fingerprint density at radius 1 is 1.04 bits per heavy atom. The third-order valence-electron chi connectivity index (χ3n) is 5.53. The van der Waals surface area contributed by atoms with Crippen molar-refractivity contribution >= 4 is 21.6 Å². The first-order valence-corrected chi connectivity index (χ1v) is 10.7. The van der Waals surface area contributed by atoms with E-state index in [1.165, 1.54) is 12.8 Å². The van der Waals surface area contributed by atoms with Crippen molar-refractivity contribution in [3.8, 4) is 0 Å². The van der Waals surface area contributed by atoms with Gasteiger partial charge in [-0.3, -0.25) is 0 Å². The summed E-state index contributed by atoms with van der Waals surface area (Å²) in [4.78, 5) is 2.92. The number of hydrogen-bond donors (Lipinski definition) is 0. The zero-order valence-corrected chi connectivity index (χ0v) is 16.1. The van der Waals surface area contributed by atoms with Crippen molar-refractivity contribution in [2.75, 3.05) is 26.2 Å². The summed E-state index contributed by atoms with van der Waals surface area (Å²) in [6.07, 6.45) is 4.39. The smallest absolute Gasteiger partial charge is 0.243 e. The molecular formula is C18H27ClN2O2S. The van der Waals surface area contributed by atoms with Crippen LogP contribution in [0.3, 0.4) is 0 Å². The van der Waals surface area contributed by atoms with Gasteiger partial charge in [0.25, 0.3) is 0 Å². The molecular weight excluding hydrogens is 344 g/mol. The highest BCUT2D eigenvalue weighted by molar-refractivity contribution is 7.89. The quantitative estimate of drug-likeness (QED) is 0.817. The van der Waals surface area contributed by atoms with Crippen LogP contribution >= 0.6 is 11.6 Å². The molecule has 0 aliphatic carbocycles. The number of likely N-dealkylation sites (tertiary alicyclic amines) is 1. The van der Waals surface area contributed by atoms with Gasteiger partial charge in [0, 0.05) is 24.2 Å². The summed E-state index contributed by atoms with van der Waals surface area (Å²) in [6, 6.07) is 5.50. The first kappa shape index (κ1) is 18.2. The van der Waals surface area contributed by atoms with Crippen molar-refractivity contribution in [1.29, 1.82) is 0 Å². The standard InChI is InChI=1S/C18H27ClN2O2S/c1-14-5-9-20(10-6-14)16-7-11-21(12-8-16)24(22,23)17-3-4-18(19)15(2)13-17/h3-4,13-14,16H,5-12H2,1-2H3. The molecule has 2 fully saturated rings. The van der Waals surface area contributed by atoms with E-state index in [9.17, 15) is 8.42 Å². The molecule has 2 heterocycles. The molecule has 2 aliphatic heterocycles. The van der Waals surface area contributed by atoms with Crippen LogP contribution in [0.2, 0.25) is 5.02 Å². The van der Waals surface area contributed by atoms with Crippen molar-refractivity contribution in [1.82, 2.24) is 9.21 Å². The van der Waals surface area contributed by atoms with Crippen LogP contribution in [0.5, 0.6) is 0 Å². The van der Waals surface area contributed by atoms with Gasteiger partial charge >= 0.3 is 0 Å². The second kappa shape index (κ2) is 7.32. The lowest BCUT2D eigenvalue weighted by molar-refractivity contribution is 0.101. The monoisotopic (exact) mass is 370 g/mol. The summed E-state index contributed by atoms with van der Waals surface area (Å²) < 4.78 is 27.3. The summed E-state index contributed by atoms with van der Waals surface area (Å²) in [6.45, 7) is 7.71. The minimum Gasteiger partial charge on any atom is -0.300 e. The Hall–Kier alpha value is -0.620. The van der Waals surface area contributed by atoms with Crippen molar-refractivity contribution in [2.45, 2.75) is 50.5 Å². The maximum Gasteiger partial charge on any atom is 0.243 e. The maximum absolute atomic E-state index is 12.8. The van der Waals surface area contributed by atoms with Crippen LogP contribution < -0.4 is 0 Å². The van der Waals surface area contributed by atoms with Crippen molar-refractivity contribution in [3.05, 3.63) is 28.8 Å². The van der Waals surface area contributed by atoms with E-state index < -0.39 is 10.0 Å². The van der Waals surface area contributed by atoms with Crippen LogP contribution in [0, 0.1) is 12.8 Å². The first-order chi connectivity index (χ1) is 11.4. The zero-order chi connectivity index (χ0) is 17.3. The third-order valence-corrected chi connectivity index (χ3v) is 7.84. The largest absolute Gasteiger partial charge is 0.300 e. The zero-order valence-electron chi connectivity index (χ0n) is 14.5. The van der Waals surface area contributed by atoms with Crippen LogP contribution in [0.4, 0.5) is 0 Å². The van der Waals surface area contributed by atoms with Crippen LogP contribution in [0.1, 0.15) is 38.2 Å². The number of nitrogens with zero attached hydrogens (tertiary/aromatic N) is 2. The molecule has 2 saturated heterocycles. The van der Waals surface area contributed by atoms with E-state index in [1.807, 2.05) is 6.92 Å². The first-order valence-electron chi connectivity index (χ1n) is 8.88. The molecule has 6 heteroatoms. The highest BCUT2D eigenvalue weighted by atomic mass is 35.5. The highest BCUT2D eigenvalue weighted by Gasteiger charge is 2.32. The third kappa shape index (κ3) is 3.79. The van der Waals surface area contributed by atoms with Gasteiger partial charge in [0.05, 0.1) is 4.90 Å². The number of aryl methyl sites for hydroxylation is 1. The van der Waals surface area contributed by atoms with Crippen molar-refractivity contribution in [2.24, 2.45) is 5.92 Å². The average molecular weight is 371 g/mol. The molecule has 0 spiro atoms. The SMILES string of the molecule is Cc1cc(S(=O)(=O)N2CCC(N3CCC(C)CC3)CC2)ccc1Cl. The van der Waals surface area contributed by atoms with Gasteiger partial charge in [-0.25, -0.2) is 8.42 Å². The second-order valence-electron chi connectivity index (χ2n) is 7.26. The Morgan fingerprint density at radius 2 is 1.67 bits per heavy atom. The Bertz CT molecular complexity index is 676. The fourth-order valence-corrected chi connectivity index (χ4v) is 5.44. The van der Waals surface area contributed by atoms with Gasteiger partial charge in [0.2, 0.25) is 10.0 Å². The van der Waals surface area contributed by atoms with Gasteiger partial charge in [-0.2, -0.15) is 4.31 Å². The number of sulfonamides is 1. The minimum atomic E-state index is -3.41. The van der Waals surface area contributed by atoms with Gasteiger partial charge < -0.3 is 4.90 Å². The maximum atomic E-state index is 12.8. The van der Waals surface area contributed by atoms with E-state index in [0.29, 0.717) is 29.0 Å². The van der Waals surface area contributed by atoms with Crippen LogP contribution in [0.15, 0.2) is 23.1 Å². The van der Waals surface area contributed by atoms with Crippen molar-refractivity contribution in [3.63, 3.8) is 0 Å². The molecule has 4 nitrogen and oxygen atoms in total. The highest BCUT2D eigenvalue weighted by Crippen LogP contribution is 2.27. The molecule has 0 unspecified atom stereocenters. The molecule has 3 rings (SSSR count). The van der Waals surface area contributed by atoms with Crippen molar-refractivity contribution < 1.29 is 8.42 Å². The Balaban J connectivity index is 1.64. The molecule has 0 radical (unpaired) electrons. The van der Waals surface area contributed by atoms with E-state index in [2.05, 4.69) is 11.8 Å². The predicted molar refractivity (Wildman–Crippen MR) is 97.9 cm³/mol. The molecule has 0 amide bonds. The number of hydrogen-bond acceptors (Lipinski definition) is 3. The average Bonchev–Trinajstić information content (AvgIpc) is 2.58. The summed E-state index contributed by atoms with van der Waals surface area (Å²) in [5.41, 5.74) is 0.801. The number of rotatable bonds is 3. The summed E-state index contributed by atoms with van der Waals surface area (Å²) in [5.74, 6) is 0.829. The van der Waals surface area contributed by atoms with Gasteiger partial charge in [-0.1, -0.05) is 18.5 Å². The Morgan fingerprint density at radius 3 is 2.25 bits per heavy atom. The summed E-state index contributed by atoms with van der Waals surface area (Å²) in [5, 5.41) is 0.604. The molecule has 134 valence electrons. The topological polar surface area (TPSA) is 40.6 Å². The fourth-order valence-electron chi connectivity index (χ4n) is 3.77. The molecule has 24 heavy (non-hydrogen) atoms. The predicted octanol–water partition coefficient (Wildman–Crippen LogP) is 3.53. The van der Waals surface area contributed by atoms with Gasteiger partial charge in [-0.15, -0.1) is 0 Å². The summed E-state index contributed by atoms with van der Waals surface area (Å²) in [7, 11) is -3.41. The Kier molecular flexibility index (Phi) is 5.55. The lowest BCUT2D eigenvalue weighted by Gasteiger charge is -2.41. The number of halogens is 1. The molecule has 0 saturated carbocycles. The molecule has 2 aliphatic rings. The van der Waals surface area contributed by atoms with Gasteiger partial charge in [0.15, 0.2) is 0 Å². The summed E-state index contributed by atoms with van der Waals surface area (Å²) >= 11 is 6.02. The molecule has 1 aromatic rings. The molecule has 0 N–H and O–H groups in total. The molecule has 0 atom stereocenters. The molecule has 0 bridgehead atoms. The lowest BCUT2D eigenvalue weighted by Crippen LogP contribution is -2.48. The van der Waals surface area contributed by atoms with Gasteiger partial charge in [-0.05, 0) is 75.4 Å². The van der Waals surface area contributed by atoms with Gasteiger partial charge in [0.1, 0.15) is 0 Å². The normalized spacial score (nSPS) is 22.8. The molecule has 0 aromatic heterocycles. The number of piperidine rings is 2. The van der Waals surface area contributed by atoms with Crippen LogP contribution in [0.25, 0.3) is 0 Å². The lowest BCUT2D eigenvalue weighted by atomic mass is 9.95. The van der Waals surface area contributed by atoms with Crippen LogP contribution in [-0.2, 0) is 10.0 Å². The van der Waals surface area contributed by atoms with E-state index in [-0.39, 0.29) is 0 Å². The van der Waals surface area contributed by atoms with E-state index in [1.54, 1.807) is 22.5 Å². The second-order valence-corrected chi connectivity index (χ2v) is 9.61. The van der Waals surface area contributed by atoms with Crippen LogP contribution in [-0.4, -0.2) is 49.8 Å². The fraction of sp³-hybridized carbons (Fsp3) is 0.667. The Labute approximate surface area is 150 Å².